The smallest absolute Gasteiger partial charge is 0.291 e. The second kappa shape index (κ2) is 6.47. The minimum atomic E-state index is -0.689. The Kier molecular flexibility index (Phi) is 4.93. The van der Waals surface area contributed by atoms with Crippen molar-refractivity contribution < 1.29 is 14.5 Å². The number of para-hydroxylation sites is 1. The molecule has 1 aromatic rings. The van der Waals surface area contributed by atoms with E-state index in [9.17, 15) is 14.9 Å². The van der Waals surface area contributed by atoms with Crippen LogP contribution in [-0.2, 0) is 11.2 Å². The maximum Gasteiger partial charge on any atom is 0.291 e. The molecule has 0 saturated carbocycles. The van der Waals surface area contributed by atoms with Crippen LogP contribution in [-0.4, -0.2) is 31.0 Å². The largest absolute Gasteiger partial charge is 0.496 e. The molecule has 0 spiro atoms. The van der Waals surface area contributed by atoms with Crippen LogP contribution in [0.1, 0.15) is 5.56 Å². The maximum absolute atomic E-state index is 11.0. The van der Waals surface area contributed by atoms with Gasteiger partial charge in [-0.25, -0.2) is 0 Å². The first-order valence-corrected chi connectivity index (χ1v) is 5.14. The number of carbonyl (C=O) groups excluding carboxylic acids is 1. The third kappa shape index (κ3) is 4.50. The molecule has 1 rings (SSSR count). The van der Waals surface area contributed by atoms with Crippen LogP contribution in [0, 0.1) is 10.1 Å². The van der Waals surface area contributed by atoms with Gasteiger partial charge in [0.25, 0.3) is 12.5 Å². The molecule has 0 unspecified atom stereocenters. The zero-order valence-electron chi connectivity index (χ0n) is 9.51. The zero-order valence-corrected chi connectivity index (χ0v) is 9.51. The van der Waals surface area contributed by atoms with Gasteiger partial charge in [0.1, 0.15) is 5.75 Å². The lowest BCUT2D eigenvalue weighted by atomic mass is 10.1. The summed E-state index contributed by atoms with van der Waals surface area (Å²) in [6.45, 7) is -0.334. The van der Waals surface area contributed by atoms with E-state index < -0.39 is 17.4 Å². The molecule has 1 amide bonds. The molecule has 92 valence electrons. The molecule has 0 bridgehead atoms. The normalized spacial score (nSPS) is 9.71. The summed E-state index contributed by atoms with van der Waals surface area (Å²) >= 11 is 0. The number of methoxy groups -OCH3 is 1. The molecular formula is C11H14N2O4. The number of amides is 1. The van der Waals surface area contributed by atoms with Crippen molar-refractivity contribution in [3.8, 4) is 5.75 Å². The van der Waals surface area contributed by atoms with Gasteiger partial charge in [0.2, 0.25) is 0 Å². The standard InChI is InChI=1S/C11H14N2O4/c1-17-10-5-3-2-4-9(10)6-7-12-11(14)8-13(15)16/h2-5H,6-8H2,1H3,(H,12,14). The fourth-order valence-electron chi connectivity index (χ4n) is 1.42. The molecule has 0 fully saturated rings. The van der Waals surface area contributed by atoms with Crippen LogP contribution >= 0.6 is 0 Å². The third-order valence-electron chi connectivity index (χ3n) is 2.18. The van der Waals surface area contributed by atoms with Crippen molar-refractivity contribution in [3.05, 3.63) is 39.9 Å². The second-order valence-electron chi connectivity index (χ2n) is 3.40. The van der Waals surface area contributed by atoms with Crippen LogP contribution in [0.3, 0.4) is 0 Å². The molecule has 0 heterocycles. The van der Waals surface area contributed by atoms with Gasteiger partial charge < -0.3 is 10.1 Å². The molecule has 0 aromatic heterocycles. The van der Waals surface area contributed by atoms with E-state index in [-0.39, 0.29) is 0 Å². The van der Waals surface area contributed by atoms with Crippen LogP contribution in [0.15, 0.2) is 24.3 Å². The quantitative estimate of drug-likeness (QED) is 0.582. The predicted octanol–water partition coefficient (Wildman–Crippen LogP) is 0.631. The van der Waals surface area contributed by atoms with Crippen molar-refractivity contribution in [2.45, 2.75) is 6.42 Å². The number of nitrogens with one attached hydrogen (secondary N) is 1. The summed E-state index contributed by atoms with van der Waals surface area (Å²) in [6, 6.07) is 7.44. The fraction of sp³-hybridized carbons (Fsp3) is 0.364. The summed E-state index contributed by atoms with van der Waals surface area (Å²) in [5.74, 6) is 0.168. The van der Waals surface area contributed by atoms with Gasteiger partial charge in [-0.05, 0) is 18.1 Å². The van der Waals surface area contributed by atoms with E-state index in [1.807, 2.05) is 24.3 Å². The first-order valence-electron chi connectivity index (χ1n) is 5.14. The van der Waals surface area contributed by atoms with E-state index in [2.05, 4.69) is 5.32 Å². The Morgan fingerprint density at radius 2 is 2.18 bits per heavy atom. The summed E-state index contributed by atoms with van der Waals surface area (Å²) in [7, 11) is 1.57. The van der Waals surface area contributed by atoms with Crippen molar-refractivity contribution in [1.29, 1.82) is 0 Å². The van der Waals surface area contributed by atoms with Crippen molar-refractivity contribution in [1.82, 2.24) is 5.32 Å². The van der Waals surface area contributed by atoms with E-state index in [1.54, 1.807) is 7.11 Å². The van der Waals surface area contributed by atoms with Gasteiger partial charge >= 0.3 is 0 Å². The molecule has 1 N–H and O–H groups in total. The van der Waals surface area contributed by atoms with Crippen LogP contribution < -0.4 is 10.1 Å². The van der Waals surface area contributed by atoms with Crippen molar-refractivity contribution >= 4 is 5.91 Å². The molecule has 0 saturated heterocycles. The molecule has 0 radical (unpaired) electrons. The average molecular weight is 238 g/mol. The number of nitrogens with zero attached hydrogens (tertiary/aromatic N) is 1. The number of nitro groups is 1. The monoisotopic (exact) mass is 238 g/mol. The Bertz CT molecular complexity index is 406. The zero-order chi connectivity index (χ0) is 12.7. The van der Waals surface area contributed by atoms with E-state index >= 15 is 0 Å². The van der Waals surface area contributed by atoms with E-state index in [0.29, 0.717) is 13.0 Å². The number of ether oxygens (including phenoxy) is 1. The second-order valence-corrected chi connectivity index (χ2v) is 3.40. The highest BCUT2D eigenvalue weighted by molar-refractivity contribution is 5.76. The minimum Gasteiger partial charge on any atom is -0.496 e. The Hall–Kier alpha value is -2.11. The van der Waals surface area contributed by atoms with E-state index in [4.69, 9.17) is 4.74 Å². The van der Waals surface area contributed by atoms with Crippen LogP contribution in [0.5, 0.6) is 5.75 Å². The Balaban J connectivity index is 2.40. The van der Waals surface area contributed by atoms with Gasteiger partial charge in [0.05, 0.1) is 7.11 Å². The minimum absolute atomic E-state index is 0.354. The lowest BCUT2D eigenvalue weighted by Crippen LogP contribution is -2.31. The number of carbonyl (C=O) groups is 1. The maximum atomic E-state index is 11.0. The van der Waals surface area contributed by atoms with Crippen molar-refractivity contribution in [2.75, 3.05) is 20.2 Å². The van der Waals surface area contributed by atoms with Crippen LogP contribution in [0.25, 0.3) is 0 Å². The van der Waals surface area contributed by atoms with Crippen LogP contribution in [0.2, 0.25) is 0 Å². The lowest BCUT2D eigenvalue weighted by Gasteiger charge is -2.08. The van der Waals surface area contributed by atoms with Gasteiger partial charge in [-0.1, -0.05) is 18.2 Å². The molecular weight excluding hydrogens is 224 g/mol. The topological polar surface area (TPSA) is 81.5 Å². The number of hydrogen-bond acceptors (Lipinski definition) is 4. The highest BCUT2D eigenvalue weighted by atomic mass is 16.6. The number of rotatable bonds is 6. The number of benzene rings is 1. The highest BCUT2D eigenvalue weighted by Crippen LogP contribution is 2.17. The van der Waals surface area contributed by atoms with Gasteiger partial charge in [0.15, 0.2) is 0 Å². The summed E-state index contributed by atoms with van der Waals surface area (Å²) < 4.78 is 5.15. The van der Waals surface area contributed by atoms with E-state index in [1.165, 1.54) is 0 Å². The SMILES string of the molecule is COc1ccccc1CCNC(=O)C[N+](=O)[O-]. The highest BCUT2D eigenvalue weighted by Gasteiger charge is 2.08. The molecule has 1 aromatic carbocycles. The fourth-order valence-corrected chi connectivity index (χ4v) is 1.42. The first-order chi connectivity index (χ1) is 8.13. The average Bonchev–Trinajstić information content (AvgIpc) is 2.28. The first kappa shape index (κ1) is 13.0. The molecule has 0 atom stereocenters. The van der Waals surface area contributed by atoms with Crippen LogP contribution in [0.4, 0.5) is 0 Å². The Morgan fingerprint density at radius 1 is 1.47 bits per heavy atom. The van der Waals surface area contributed by atoms with Crippen molar-refractivity contribution in [3.63, 3.8) is 0 Å². The van der Waals surface area contributed by atoms with Gasteiger partial charge in [-0.3, -0.25) is 14.9 Å². The number of hydrogen-bond donors (Lipinski definition) is 1. The predicted molar refractivity (Wildman–Crippen MR) is 61.6 cm³/mol. The third-order valence-corrected chi connectivity index (χ3v) is 2.18. The molecule has 6 nitrogen and oxygen atoms in total. The Labute approximate surface area is 98.7 Å². The summed E-state index contributed by atoms with van der Waals surface area (Å²) in [4.78, 5) is 20.4. The van der Waals surface area contributed by atoms with Gasteiger partial charge in [-0.15, -0.1) is 0 Å². The van der Waals surface area contributed by atoms with Crippen molar-refractivity contribution in [2.24, 2.45) is 0 Å². The molecule has 0 aliphatic heterocycles. The lowest BCUT2D eigenvalue weighted by molar-refractivity contribution is -0.467. The molecule has 0 aliphatic rings. The van der Waals surface area contributed by atoms with Gasteiger partial charge in [0, 0.05) is 11.5 Å². The van der Waals surface area contributed by atoms with E-state index in [0.717, 1.165) is 11.3 Å². The molecule has 6 heteroatoms. The summed E-state index contributed by atoms with van der Waals surface area (Å²) in [5.41, 5.74) is 0.955. The van der Waals surface area contributed by atoms with Gasteiger partial charge in [-0.2, -0.15) is 0 Å². The summed E-state index contributed by atoms with van der Waals surface area (Å²) in [6.07, 6.45) is 0.577. The molecule has 17 heavy (non-hydrogen) atoms. The molecule has 0 aliphatic carbocycles. The Morgan fingerprint density at radius 3 is 2.82 bits per heavy atom. The summed E-state index contributed by atoms with van der Waals surface area (Å²) in [5, 5.41) is 12.5.